The summed E-state index contributed by atoms with van der Waals surface area (Å²) in [5.74, 6) is -0.962. The first-order valence-corrected chi connectivity index (χ1v) is 6.76. The molecule has 21 heavy (non-hydrogen) atoms. The van der Waals surface area contributed by atoms with E-state index in [1.807, 2.05) is 6.92 Å². The van der Waals surface area contributed by atoms with E-state index in [2.05, 4.69) is 4.98 Å². The zero-order chi connectivity index (χ0) is 15.7. The first-order valence-electron chi connectivity index (χ1n) is 6.38. The van der Waals surface area contributed by atoms with Crippen molar-refractivity contribution in [3.05, 3.63) is 56.2 Å². The molecule has 0 aliphatic rings. The molecule has 2 rings (SSSR count). The number of aryl methyl sites for hydroxylation is 2. The van der Waals surface area contributed by atoms with E-state index in [-0.39, 0.29) is 6.42 Å². The Morgan fingerprint density at radius 1 is 1.33 bits per heavy atom. The van der Waals surface area contributed by atoms with Crippen molar-refractivity contribution in [3.63, 3.8) is 0 Å². The van der Waals surface area contributed by atoms with E-state index in [0.29, 0.717) is 27.7 Å². The maximum atomic E-state index is 12.2. The molecule has 1 N–H and O–H groups in total. The highest BCUT2D eigenvalue weighted by molar-refractivity contribution is 6.30. The molecule has 1 aromatic heterocycles. The second kappa shape index (κ2) is 5.69. The van der Waals surface area contributed by atoms with Gasteiger partial charge in [0.2, 0.25) is 0 Å². The normalized spacial score (nSPS) is 10.7. The molecule has 0 amide bonds. The van der Waals surface area contributed by atoms with E-state index in [9.17, 15) is 9.59 Å². The molecule has 5 nitrogen and oxygen atoms in total. The summed E-state index contributed by atoms with van der Waals surface area (Å²) in [7, 11) is 0. The zero-order valence-electron chi connectivity index (χ0n) is 12.0. The summed E-state index contributed by atoms with van der Waals surface area (Å²) in [5, 5.41) is 9.51. The van der Waals surface area contributed by atoms with Gasteiger partial charge in [0.25, 0.3) is 0 Å². The van der Waals surface area contributed by atoms with Crippen molar-refractivity contribution in [3.8, 4) is 5.69 Å². The van der Waals surface area contributed by atoms with Crippen molar-refractivity contribution in [2.45, 2.75) is 27.2 Å². The van der Waals surface area contributed by atoms with Gasteiger partial charge in [-0.15, -0.1) is 0 Å². The van der Waals surface area contributed by atoms with Crippen LogP contribution >= 0.6 is 11.6 Å². The molecule has 0 saturated carbocycles. The summed E-state index contributed by atoms with van der Waals surface area (Å²) in [6.45, 7) is 5.21. The van der Waals surface area contributed by atoms with E-state index in [1.165, 1.54) is 4.57 Å². The first kappa shape index (κ1) is 15.3. The molecule has 1 aromatic carbocycles. The van der Waals surface area contributed by atoms with Crippen LogP contribution in [-0.4, -0.2) is 20.6 Å². The molecule has 0 aliphatic carbocycles. The largest absolute Gasteiger partial charge is 0.481 e. The van der Waals surface area contributed by atoms with E-state index >= 15 is 0 Å². The third-order valence-corrected chi connectivity index (χ3v) is 3.64. The fourth-order valence-electron chi connectivity index (χ4n) is 2.32. The summed E-state index contributed by atoms with van der Waals surface area (Å²) in [5.41, 5.74) is 2.59. The topological polar surface area (TPSA) is 72.2 Å². The van der Waals surface area contributed by atoms with Gasteiger partial charge < -0.3 is 5.11 Å². The predicted molar refractivity (Wildman–Crippen MR) is 80.4 cm³/mol. The Morgan fingerprint density at radius 2 is 2.00 bits per heavy atom. The number of halogens is 1. The summed E-state index contributed by atoms with van der Waals surface area (Å²) in [4.78, 5) is 27.2. The molecule has 0 aliphatic heterocycles. The van der Waals surface area contributed by atoms with E-state index < -0.39 is 11.7 Å². The van der Waals surface area contributed by atoms with E-state index in [0.717, 1.165) is 5.56 Å². The highest BCUT2D eigenvalue weighted by Gasteiger charge is 2.16. The number of benzene rings is 1. The molecule has 0 radical (unpaired) electrons. The average Bonchev–Trinajstić information content (AvgIpc) is 2.38. The Morgan fingerprint density at radius 3 is 2.62 bits per heavy atom. The third kappa shape index (κ3) is 2.97. The van der Waals surface area contributed by atoms with Crippen LogP contribution in [0.5, 0.6) is 0 Å². The summed E-state index contributed by atoms with van der Waals surface area (Å²) in [6.07, 6.45) is -0.176. The zero-order valence-corrected chi connectivity index (χ0v) is 12.7. The highest BCUT2D eigenvalue weighted by Crippen LogP contribution is 2.21. The molecule has 0 saturated heterocycles. The maximum absolute atomic E-state index is 12.2. The molecule has 0 atom stereocenters. The maximum Gasteiger partial charge on any atom is 0.352 e. The number of carboxylic acid groups (broad SMARTS) is 1. The molecule has 110 valence electrons. The minimum atomic E-state index is -0.962. The lowest BCUT2D eigenvalue weighted by Gasteiger charge is -2.16. The number of rotatable bonds is 3. The van der Waals surface area contributed by atoms with Gasteiger partial charge in [-0.05, 0) is 38.5 Å². The smallest absolute Gasteiger partial charge is 0.352 e. The van der Waals surface area contributed by atoms with Crippen LogP contribution in [0.2, 0.25) is 5.02 Å². The van der Waals surface area contributed by atoms with Crippen molar-refractivity contribution in [2.24, 2.45) is 0 Å². The average molecular weight is 307 g/mol. The van der Waals surface area contributed by atoms with Gasteiger partial charge in [0, 0.05) is 22.0 Å². The highest BCUT2D eigenvalue weighted by atomic mass is 35.5. The van der Waals surface area contributed by atoms with Crippen molar-refractivity contribution in [1.82, 2.24) is 9.55 Å². The van der Waals surface area contributed by atoms with Gasteiger partial charge in [0.05, 0.1) is 12.1 Å². The lowest BCUT2D eigenvalue weighted by Crippen LogP contribution is -2.27. The quantitative estimate of drug-likeness (QED) is 0.945. The molecule has 0 unspecified atom stereocenters. The molecule has 1 heterocycles. The van der Waals surface area contributed by atoms with Crippen LogP contribution in [0.15, 0.2) is 23.0 Å². The Labute approximate surface area is 126 Å². The number of hydrogen-bond acceptors (Lipinski definition) is 3. The molecule has 2 aromatic rings. The van der Waals surface area contributed by atoms with Gasteiger partial charge in [0.15, 0.2) is 0 Å². The minimum Gasteiger partial charge on any atom is -0.481 e. The van der Waals surface area contributed by atoms with Crippen molar-refractivity contribution >= 4 is 17.6 Å². The number of carboxylic acids is 1. The van der Waals surface area contributed by atoms with Crippen molar-refractivity contribution in [2.75, 3.05) is 0 Å². The molecule has 0 spiro atoms. The van der Waals surface area contributed by atoms with Crippen molar-refractivity contribution in [1.29, 1.82) is 0 Å². The first-order chi connectivity index (χ1) is 9.81. The van der Waals surface area contributed by atoms with Gasteiger partial charge in [-0.3, -0.25) is 9.36 Å². The fourth-order valence-corrected chi connectivity index (χ4v) is 2.48. The van der Waals surface area contributed by atoms with Gasteiger partial charge >= 0.3 is 11.7 Å². The van der Waals surface area contributed by atoms with Gasteiger partial charge in [-0.2, -0.15) is 4.98 Å². The third-order valence-electron chi connectivity index (χ3n) is 3.40. The van der Waals surface area contributed by atoms with E-state index in [4.69, 9.17) is 16.7 Å². The van der Waals surface area contributed by atoms with Crippen LogP contribution < -0.4 is 5.69 Å². The molecule has 0 fully saturated rings. The van der Waals surface area contributed by atoms with Crippen LogP contribution in [-0.2, 0) is 11.2 Å². The van der Waals surface area contributed by atoms with Crippen molar-refractivity contribution < 1.29 is 9.90 Å². The van der Waals surface area contributed by atoms with Crippen LogP contribution in [0.1, 0.15) is 22.5 Å². The Bertz CT molecular complexity index is 781. The Kier molecular flexibility index (Phi) is 4.14. The molecule has 6 heteroatoms. The number of carbonyl (C=O) groups is 1. The van der Waals surface area contributed by atoms with Gasteiger partial charge in [-0.1, -0.05) is 17.7 Å². The second-order valence-corrected chi connectivity index (χ2v) is 5.32. The summed E-state index contributed by atoms with van der Waals surface area (Å²) >= 11 is 6.00. The number of nitrogens with zero attached hydrogens (tertiary/aromatic N) is 2. The molecular weight excluding hydrogens is 292 g/mol. The summed E-state index contributed by atoms with van der Waals surface area (Å²) < 4.78 is 1.41. The molecule has 0 bridgehead atoms. The van der Waals surface area contributed by atoms with Gasteiger partial charge in [-0.25, -0.2) is 4.79 Å². The van der Waals surface area contributed by atoms with Crippen LogP contribution in [0.4, 0.5) is 0 Å². The number of aliphatic carboxylic acids is 1. The fraction of sp³-hybridized carbons (Fsp3) is 0.267. The second-order valence-electron chi connectivity index (χ2n) is 4.88. The lowest BCUT2D eigenvalue weighted by molar-refractivity contribution is -0.136. The predicted octanol–water partition coefficient (Wildman–Crippen LogP) is 2.44. The standard InChI is InChI=1S/C15H15ClN2O3/c1-8-4-5-11(16)6-13(8)18-10(3)12(7-14(19)20)9(2)17-15(18)21/h4-6H,7H2,1-3H3,(H,19,20). The number of aromatic nitrogens is 2. The summed E-state index contributed by atoms with van der Waals surface area (Å²) in [6, 6.07) is 5.22. The minimum absolute atomic E-state index is 0.176. The monoisotopic (exact) mass is 306 g/mol. The molecular formula is C15H15ClN2O3. The van der Waals surface area contributed by atoms with Crippen LogP contribution in [0, 0.1) is 20.8 Å². The lowest BCUT2D eigenvalue weighted by atomic mass is 10.1. The van der Waals surface area contributed by atoms with Crippen LogP contribution in [0.3, 0.4) is 0 Å². The SMILES string of the molecule is Cc1ccc(Cl)cc1-n1c(C)c(CC(=O)O)c(C)nc1=O. The van der Waals surface area contributed by atoms with Crippen LogP contribution in [0.25, 0.3) is 5.69 Å². The Hall–Kier alpha value is -2.14. The Balaban J connectivity index is 2.77. The van der Waals surface area contributed by atoms with E-state index in [1.54, 1.807) is 32.0 Å². The van der Waals surface area contributed by atoms with Gasteiger partial charge in [0.1, 0.15) is 0 Å². The number of hydrogen-bond donors (Lipinski definition) is 1.